The Morgan fingerprint density at radius 3 is 2.41 bits per heavy atom. The van der Waals surface area contributed by atoms with Gasteiger partial charge in [-0.25, -0.2) is 9.97 Å². The first-order chi connectivity index (χ1) is 14.2. The van der Waals surface area contributed by atoms with Gasteiger partial charge in [-0.3, -0.25) is 0 Å². The van der Waals surface area contributed by atoms with Crippen molar-refractivity contribution in [2.45, 2.75) is 32.6 Å². The van der Waals surface area contributed by atoms with Crippen LogP contribution in [0.5, 0.6) is 0 Å². The summed E-state index contributed by atoms with van der Waals surface area (Å²) in [6.07, 6.45) is 6.48. The molecule has 3 aromatic rings. The lowest BCUT2D eigenvalue weighted by atomic mass is 9.72. The first-order valence-electron chi connectivity index (χ1n) is 11.0. The Morgan fingerprint density at radius 1 is 0.897 bits per heavy atom. The third-order valence-corrected chi connectivity index (χ3v) is 6.94. The first-order valence-corrected chi connectivity index (χ1v) is 11.0. The zero-order valence-corrected chi connectivity index (χ0v) is 17.3. The summed E-state index contributed by atoms with van der Waals surface area (Å²) in [6, 6.07) is 17.4. The maximum Gasteiger partial charge on any atom is 0.139 e. The highest BCUT2D eigenvalue weighted by Gasteiger charge is 2.45. The average molecular weight is 387 g/mol. The summed E-state index contributed by atoms with van der Waals surface area (Å²) >= 11 is 0. The van der Waals surface area contributed by atoms with Crippen molar-refractivity contribution >= 4 is 16.7 Å². The molecule has 0 bridgehead atoms. The van der Waals surface area contributed by atoms with E-state index in [0.717, 1.165) is 37.3 Å². The Bertz CT molecular complexity index is 969. The monoisotopic (exact) mass is 386 g/mol. The maximum absolute atomic E-state index is 4.70. The van der Waals surface area contributed by atoms with Gasteiger partial charge in [0, 0.05) is 23.9 Å². The number of hydrogen-bond donors (Lipinski definition) is 0. The number of fused-ring (bicyclic) bond motifs is 1. The van der Waals surface area contributed by atoms with Crippen molar-refractivity contribution in [2.24, 2.45) is 5.41 Å². The minimum atomic E-state index is 0.508. The highest BCUT2D eigenvalue weighted by Crippen LogP contribution is 2.43. The van der Waals surface area contributed by atoms with Crippen molar-refractivity contribution < 1.29 is 0 Å². The van der Waals surface area contributed by atoms with Gasteiger partial charge in [0.15, 0.2) is 0 Å². The van der Waals surface area contributed by atoms with Crippen LogP contribution in [-0.2, 0) is 12.8 Å². The van der Waals surface area contributed by atoms with Gasteiger partial charge in [-0.1, -0.05) is 43.3 Å². The molecule has 2 fully saturated rings. The van der Waals surface area contributed by atoms with Gasteiger partial charge in [0.2, 0.25) is 0 Å². The van der Waals surface area contributed by atoms with Crippen LogP contribution in [0.4, 0.5) is 5.82 Å². The molecule has 5 rings (SSSR count). The zero-order chi connectivity index (χ0) is 19.7. The van der Waals surface area contributed by atoms with Gasteiger partial charge in [0.05, 0.1) is 5.52 Å². The molecule has 2 saturated heterocycles. The zero-order valence-electron chi connectivity index (χ0n) is 17.3. The Labute approximate surface area is 173 Å². The second-order valence-electron chi connectivity index (χ2n) is 8.82. The van der Waals surface area contributed by atoms with E-state index in [1.54, 1.807) is 6.33 Å². The minimum absolute atomic E-state index is 0.508. The standard InChI is InChI=1S/C25H30N4/c1-2-28-14-12-25(13-15-28)17-29(18-25)24-22-16-21(10-11-23(22)26-19-27-24)9-8-20-6-4-3-5-7-20/h3-7,10-11,16,19H,2,8-9,12-15,17-18H2,1H3. The number of rotatable bonds is 5. The fourth-order valence-corrected chi connectivity index (χ4v) is 5.00. The molecule has 4 nitrogen and oxygen atoms in total. The number of aryl methyl sites for hydroxylation is 2. The SMILES string of the molecule is CCN1CCC2(CC1)CN(c1ncnc3ccc(CCc4ccccc4)cc13)C2. The van der Waals surface area contributed by atoms with E-state index in [9.17, 15) is 0 Å². The Hall–Kier alpha value is -2.46. The number of piperidine rings is 1. The molecule has 0 amide bonds. The largest absolute Gasteiger partial charge is 0.355 e. The molecular formula is C25H30N4. The molecule has 1 aromatic heterocycles. The molecule has 2 aliphatic heterocycles. The van der Waals surface area contributed by atoms with Gasteiger partial charge in [-0.05, 0) is 68.6 Å². The van der Waals surface area contributed by atoms with E-state index >= 15 is 0 Å². The van der Waals surface area contributed by atoms with E-state index in [0.29, 0.717) is 5.41 Å². The van der Waals surface area contributed by atoms with Gasteiger partial charge < -0.3 is 9.80 Å². The topological polar surface area (TPSA) is 32.3 Å². The third kappa shape index (κ3) is 3.74. The van der Waals surface area contributed by atoms with Gasteiger partial charge >= 0.3 is 0 Å². The lowest BCUT2D eigenvalue weighted by molar-refractivity contribution is 0.0792. The molecule has 0 radical (unpaired) electrons. The van der Waals surface area contributed by atoms with Crippen molar-refractivity contribution in [2.75, 3.05) is 37.6 Å². The van der Waals surface area contributed by atoms with Crippen LogP contribution >= 0.6 is 0 Å². The molecule has 1 spiro atoms. The van der Waals surface area contributed by atoms with Crippen molar-refractivity contribution in [3.8, 4) is 0 Å². The smallest absolute Gasteiger partial charge is 0.139 e. The van der Waals surface area contributed by atoms with Crippen LogP contribution in [0, 0.1) is 5.41 Å². The predicted molar refractivity (Wildman–Crippen MR) is 119 cm³/mol. The second-order valence-corrected chi connectivity index (χ2v) is 8.82. The van der Waals surface area contributed by atoms with E-state index in [-0.39, 0.29) is 0 Å². The summed E-state index contributed by atoms with van der Waals surface area (Å²) in [4.78, 5) is 14.3. The summed E-state index contributed by atoms with van der Waals surface area (Å²) < 4.78 is 0. The van der Waals surface area contributed by atoms with Gasteiger partial charge in [0.1, 0.15) is 12.1 Å². The van der Waals surface area contributed by atoms with E-state index in [2.05, 4.69) is 70.2 Å². The molecule has 2 aromatic carbocycles. The van der Waals surface area contributed by atoms with E-state index in [1.165, 1.54) is 49.0 Å². The molecule has 0 aliphatic carbocycles. The predicted octanol–water partition coefficient (Wildman–Crippen LogP) is 4.34. The van der Waals surface area contributed by atoms with Crippen LogP contribution < -0.4 is 4.90 Å². The highest BCUT2D eigenvalue weighted by molar-refractivity contribution is 5.90. The maximum atomic E-state index is 4.70. The summed E-state index contributed by atoms with van der Waals surface area (Å²) in [5.41, 5.74) is 4.32. The molecular weight excluding hydrogens is 356 g/mol. The molecule has 0 unspecified atom stereocenters. The minimum Gasteiger partial charge on any atom is -0.355 e. The number of benzene rings is 2. The normalized spacial score (nSPS) is 18.9. The summed E-state index contributed by atoms with van der Waals surface area (Å²) in [5, 5.41) is 1.21. The Balaban J connectivity index is 1.32. The number of aromatic nitrogens is 2. The van der Waals surface area contributed by atoms with Crippen LogP contribution in [0.3, 0.4) is 0 Å². The lowest BCUT2D eigenvalue weighted by Gasteiger charge is -2.54. The Morgan fingerprint density at radius 2 is 1.66 bits per heavy atom. The highest BCUT2D eigenvalue weighted by atomic mass is 15.3. The van der Waals surface area contributed by atoms with Crippen LogP contribution in [-0.4, -0.2) is 47.6 Å². The van der Waals surface area contributed by atoms with Crippen molar-refractivity contribution in [1.82, 2.24) is 14.9 Å². The van der Waals surface area contributed by atoms with Gasteiger partial charge in [0.25, 0.3) is 0 Å². The molecule has 0 N–H and O–H groups in total. The molecule has 0 saturated carbocycles. The molecule has 150 valence electrons. The van der Waals surface area contributed by atoms with Crippen LogP contribution in [0.1, 0.15) is 30.9 Å². The van der Waals surface area contributed by atoms with Gasteiger partial charge in [-0.15, -0.1) is 0 Å². The summed E-state index contributed by atoms with van der Waals surface area (Å²) in [5.74, 6) is 1.13. The number of anilines is 1. The summed E-state index contributed by atoms with van der Waals surface area (Å²) in [6.45, 7) is 8.24. The van der Waals surface area contributed by atoms with E-state index in [1.807, 2.05) is 0 Å². The molecule has 4 heteroatoms. The van der Waals surface area contributed by atoms with Gasteiger partial charge in [-0.2, -0.15) is 0 Å². The number of likely N-dealkylation sites (tertiary alicyclic amines) is 1. The van der Waals surface area contributed by atoms with Crippen molar-refractivity contribution in [3.05, 3.63) is 66.0 Å². The molecule has 3 heterocycles. The van der Waals surface area contributed by atoms with E-state index in [4.69, 9.17) is 4.98 Å². The van der Waals surface area contributed by atoms with Crippen LogP contribution in [0.25, 0.3) is 10.9 Å². The van der Waals surface area contributed by atoms with Crippen LogP contribution in [0.2, 0.25) is 0 Å². The fourth-order valence-electron chi connectivity index (χ4n) is 5.00. The van der Waals surface area contributed by atoms with Crippen molar-refractivity contribution in [1.29, 1.82) is 0 Å². The second kappa shape index (κ2) is 7.75. The van der Waals surface area contributed by atoms with E-state index < -0.39 is 0 Å². The molecule has 29 heavy (non-hydrogen) atoms. The average Bonchev–Trinajstić information content (AvgIpc) is 2.76. The third-order valence-electron chi connectivity index (χ3n) is 6.94. The van der Waals surface area contributed by atoms with Crippen molar-refractivity contribution in [3.63, 3.8) is 0 Å². The lowest BCUT2D eigenvalue weighted by Crippen LogP contribution is -2.60. The Kier molecular flexibility index (Phi) is 4.96. The molecule has 2 aliphatic rings. The molecule has 0 atom stereocenters. The fraction of sp³-hybridized carbons (Fsp3) is 0.440. The summed E-state index contributed by atoms with van der Waals surface area (Å²) in [7, 11) is 0. The first kappa shape index (κ1) is 18.6. The number of nitrogens with zero attached hydrogens (tertiary/aromatic N) is 4. The van der Waals surface area contributed by atoms with Crippen LogP contribution in [0.15, 0.2) is 54.9 Å². The quantitative estimate of drug-likeness (QED) is 0.653. The number of hydrogen-bond acceptors (Lipinski definition) is 4.